The number of carbonyl (C=O) groups excluding carboxylic acids is 1. The number of hydrogen-bond donors (Lipinski definition) is 1. The van der Waals surface area contributed by atoms with Crippen LogP contribution in [0.3, 0.4) is 0 Å². The van der Waals surface area contributed by atoms with Crippen molar-refractivity contribution in [3.63, 3.8) is 0 Å². The second-order valence-corrected chi connectivity index (χ2v) is 2.75. The maximum atomic E-state index is 11.0. The van der Waals surface area contributed by atoms with Crippen molar-refractivity contribution < 1.29 is 9.53 Å². The van der Waals surface area contributed by atoms with Gasteiger partial charge in [-0.15, -0.1) is 12.4 Å². The smallest absolute Gasteiger partial charge is 0.307 e. The summed E-state index contributed by atoms with van der Waals surface area (Å²) in [5.41, 5.74) is 0. The van der Waals surface area contributed by atoms with Crippen LogP contribution in [0.5, 0.6) is 0 Å². The third-order valence-corrected chi connectivity index (χ3v) is 1.57. The first-order chi connectivity index (χ1) is 6.31. The summed E-state index contributed by atoms with van der Waals surface area (Å²) in [6, 6.07) is 2.24. The summed E-state index contributed by atoms with van der Waals surface area (Å²) in [5, 5.41) is 2.61. The lowest BCUT2D eigenvalue weighted by Crippen LogP contribution is -2.15. The average molecular weight is 220 g/mol. The minimum absolute atomic E-state index is 0. The van der Waals surface area contributed by atoms with Crippen molar-refractivity contribution in [2.75, 3.05) is 13.2 Å². The molecule has 1 N–H and O–H groups in total. The number of terminal acetylenes is 1. The molecule has 0 aromatic rings. The SMILES string of the molecule is C#CNCCC(=O)OCCCCC.Cl. The van der Waals surface area contributed by atoms with Gasteiger partial charge in [-0.3, -0.25) is 4.79 Å². The van der Waals surface area contributed by atoms with Crippen LogP contribution in [-0.2, 0) is 9.53 Å². The maximum absolute atomic E-state index is 11.0. The first-order valence-corrected chi connectivity index (χ1v) is 4.65. The molecule has 0 heterocycles. The zero-order valence-corrected chi connectivity index (χ0v) is 9.36. The third kappa shape index (κ3) is 11.1. The van der Waals surface area contributed by atoms with Gasteiger partial charge in [0.1, 0.15) is 0 Å². The molecular formula is C10H18ClNO2. The van der Waals surface area contributed by atoms with Crippen LogP contribution in [0.1, 0.15) is 32.6 Å². The molecule has 0 unspecified atom stereocenters. The number of rotatable bonds is 7. The lowest BCUT2D eigenvalue weighted by atomic mass is 10.3. The van der Waals surface area contributed by atoms with Crippen LogP contribution in [0, 0.1) is 12.5 Å². The highest BCUT2D eigenvalue weighted by atomic mass is 35.5. The molecule has 0 fully saturated rings. The summed E-state index contributed by atoms with van der Waals surface area (Å²) < 4.78 is 4.94. The van der Waals surface area contributed by atoms with Gasteiger partial charge in [0.2, 0.25) is 0 Å². The van der Waals surface area contributed by atoms with Crippen LogP contribution in [-0.4, -0.2) is 19.1 Å². The molecule has 0 aromatic heterocycles. The standard InChI is InChI=1S/C10H17NO2.ClH/c1-3-5-6-9-13-10(12)7-8-11-4-2;/h2,11H,3,5-9H2,1H3;1H. The predicted molar refractivity (Wildman–Crippen MR) is 59.2 cm³/mol. The molecule has 0 aromatic carbocycles. The molecule has 0 saturated carbocycles. The van der Waals surface area contributed by atoms with Crippen LogP contribution < -0.4 is 5.32 Å². The van der Waals surface area contributed by atoms with Crippen molar-refractivity contribution in [3.8, 4) is 12.5 Å². The van der Waals surface area contributed by atoms with Gasteiger partial charge in [-0.05, 0) is 6.42 Å². The zero-order valence-electron chi connectivity index (χ0n) is 8.54. The van der Waals surface area contributed by atoms with E-state index in [-0.39, 0.29) is 18.4 Å². The molecule has 82 valence electrons. The lowest BCUT2D eigenvalue weighted by molar-refractivity contribution is -0.143. The van der Waals surface area contributed by atoms with Gasteiger partial charge in [0.25, 0.3) is 0 Å². The Hall–Kier alpha value is -0.880. The van der Waals surface area contributed by atoms with Crippen molar-refractivity contribution >= 4 is 18.4 Å². The molecule has 0 saturated heterocycles. The Kier molecular flexibility index (Phi) is 13.5. The van der Waals surface area contributed by atoms with Crippen LogP contribution in [0.25, 0.3) is 0 Å². The van der Waals surface area contributed by atoms with Crippen LogP contribution in [0.2, 0.25) is 0 Å². The van der Waals surface area contributed by atoms with Crippen LogP contribution >= 0.6 is 12.4 Å². The number of nitrogens with one attached hydrogen (secondary N) is 1. The minimum atomic E-state index is -0.182. The largest absolute Gasteiger partial charge is 0.466 e. The number of hydrogen-bond acceptors (Lipinski definition) is 3. The molecule has 14 heavy (non-hydrogen) atoms. The van der Waals surface area contributed by atoms with E-state index in [1.165, 1.54) is 0 Å². The van der Waals surface area contributed by atoms with E-state index in [4.69, 9.17) is 11.2 Å². The minimum Gasteiger partial charge on any atom is -0.466 e. The lowest BCUT2D eigenvalue weighted by Gasteiger charge is -2.03. The summed E-state index contributed by atoms with van der Waals surface area (Å²) in [6.45, 7) is 3.13. The highest BCUT2D eigenvalue weighted by Gasteiger charge is 2.00. The topological polar surface area (TPSA) is 38.3 Å². The van der Waals surface area contributed by atoms with Gasteiger partial charge in [0, 0.05) is 12.6 Å². The molecule has 0 aliphatic carbocycles. The fraction of sp³-hybridized carbons (Fsp3) is 0.700. The van der Waals surface area contributed by atoms with E-state index in [2.05, 4.69) is 18.3 Å². The first-order valence-electron chi connectivity index (χ1n) is 4.65. The quantitative estimate of drug-likeness (QED) is 0.307. The monoisotopic (exact) mass is 219 g/mol. The molecule has 0 aliphatic heterocycles. The van der Waals surface area contributed by atoms with E-state index in [1.807, 2.05) is 0 Å². The number of esters is 1. The van der Waals surface area contributed by atoms with Gasteiger partial charge in [-0.1, -0.05) is 26.2 Å². The van der Waals surface area contributed by atoms with Crippen molar-refractivity contribution in [2.45, 2.75) is 32.6 Å². The second-order valence-electron chi connectivity index (χ2n) is 2.75. The second kappa shape index (κ2) is 12.1. The first kappa shape index (κ1) is 15.6. The van der Waals surface area contributed by atoms with Gasteiger partial charge < -0.3 is 10.1 Å². The molecule has 0 amide bonds. The van der Waals surface area contributed by atoms with Gasteiger partial charge in [-0.2, -0.15) is 0 Å². The molecule has 0 spiro atoms. The summed E-state index contributed by atoms with van der Waals surface area (Å²) in [4.78, 5) is 11.0. The summed E-state index contributed by atoms with van der Waals surface area (Å²) in [5.74, 6) is -0.182. The molecule has 0 bridgehead atoms. The van der Waals surface area contributed by atoms with E-state index < -0.39 is 0 Å². The third-order valence-electron chi connectivity index (χ3n) is 1.57. The van der Waals surface area contributed by atoms with E-state index in [1.54, 1.807) is 0 Å². The summed E-state index contributed by atoms with van der Waals surface area (Å²) in [6.07, 6.45) is 8.48. The molecule has 4 heteroatoms. The van der Waals surface area contributed by atoms with Gasteiger partial charge in [0.05, 0.1) is 13.0 Å². The fourth-order valence-electron chi connectivity index (χ4n) is 0.847. The van der Waals surface area contributed by atoms with Crippen molar-refractivity contribution in [1.29, 1.82) is 0 Å². The van der Waals surface area contributed by atoms with Crippen LogP contribution in [0.15, 0.2) is 0 Å². The maximum Gasteiger partial charge on any atom is 0.307 e. The summed E-state index contributed by atoms with van der Waals surface area (Å²) in [7, 11) is 0. The molecule has 0 rings (SSSR count). The molecule has 0 atom stereocenters. The van der Waals surface area contributed by atoms with E-state index in [9.17, 15) is 4.79 Å². The highest BCUT2D eigenvalue weighted by Crippen LogP contribution is 1.95. The Morgan fingerprint density at radius 1 is 1.50 bits per heavy atom. The van der Waals surface area contributed by atoms with Crippen molar-refractivity contribution in [3.05, 3.63) is 0 Å². The van der Waals surface area contributed by atoms with Gasteiger partial charge in [0.15, 0.2) is 0 Å². The van der Waals surface area contributed by atoms with E-state index >= 15 is 0 Å². The van der Waals surface area contributed by atoms with Crippen molar-refractivity contribution in [1.82, 2.24) is 5.32 Å². The van der Waals surface area contributed by atoms with Crippen molar-refractivity contribution in [2.24, 2.45) is 0 Å². The molecule has 0 aliphatic rings. The normalized spacial score (nSPS) is 8.29. The number of carbonyl (C=O) groups is 1. The predicted octanol–water partition coefficient (Wildman–Crippen LogP) is 1.71. The highest BCUT2D eigenvalue weighted by molar-refractivity contribution is 5.85. The summed E-state index contributed by atoms with van der Waals surface area (Å²) >= 11 is 0. The average Bonchev–Trinajstić information content (AvgIpc) is 2.13. The zero-order chi connectivity index (χ0) is 9.94. The number of unbranched alkanes of at least 4 members (excludes halogenated alkanes) is 2. The van der Waals surface area contributed by atoms with Gasteiger partial charge >= 0.3 is 5.97 Å². The number of halogens is 1. The molecular weight excluding hydrogens is 202 g/mol. The Balaban J connectivity index is 0. The van der Waals surface area contributed by atoms with E-state index in [0.717, 1.165) is 19.3 Å². The Morgan fingerprint density at radius 3 is 2.79 bits per heavy atom. The van der Waals surface area contributed by atoms with Crippen LogP contribution in [0.4, 0.5) is 0 Å². The molecule has 0 radical (unpaired) electrons. The Morgan fingerprint density at radius 2 is 2.21 bits per heavy atom. The Labute approximate surface area is 92.0 Å². The van der Waals surface area contributed by atoms with Gasteiger partial charge in [-0.25, -0.2) is 0 Å². The van der Waals surface area contributed by atoms with E-state index in [0.29, 0.717) is 19.6 Å². The Bertz CT molecular complexity index is 177. The molecule has 3 nitrogen and oxygen atoms in total. The number of ether oxygens (including phenoxy) is 1. The fourth-order valence-corrected chi connectivity index (χ4v) is 0.847.